The predicted octanol–water partition coefficient (Wildman–Crippen LogP) is 5.11. The molecule has 170 valence electrons. The second-order valence-corrected chi connectivity index (χ2v) is 9.42. The summed E-state index contributed by atoms with van der Waals surface area (Å²) in [6, 6.07) is 15.7. The number of benzene rings is 2. The predicted molar refractivity (Wildman–Crippen MR) is 129 cm³/mol. The molecule has 7 nitrogen and oxygen atoms in total. The number of carbonyl (C=O) groups is 1. The zero-order valence-electron chi connectivity index (χ0n) is 19.4. The van der Waals surface area contributed by atoms with Crippen molar-refractivity contribution >= 4 is 28.4 Å². The summed E-state index contributed by atoms with van der Waals surface area (Å²) in [5.74, 6) is 0.719. The van der Waals surface area contributed by atoms with Crippen molar-refractivity contribution < 1.29 is 14.3 Å². The van der Waals surface area contributed by atoms with E-state index < -0.39 is 11.7 Å². The molecule has 32 heavy (non-hydrogen) atoms. The maximum atomic E-state index is 12.2. The Morgan fingerprint density at radius 1 is 1.06 bits per heavy atom. The van der Waals surface area contributed by atoms with E-state index in [2.05, 4.69) is 15.6 Å². The Labute approximate surface area is 189 Å². The third kappa shape index (κ3) is 6.51. The van der Waals surface area contributed by atoms with Gasteiger partial charge in [0.2, 0.25) is 0 Å². The summed E-state index contributed by atoms with van der Waals surface area (Å²) in [6.45, 7) is 10.2. The van der Waals surface area contributed by atoms with E-state index in [1.54, 1.807) is 6.20 Å². The van der Waals surface area contributed by atoms with Gasteiger partial charge in [-0.05, 0) is 58.4 Å². The fourth-order valence-electron chi connectivity index (χ4n) is 3.14. The Morgan fingerprint density at radius 3 is 2.47 bits per heavy atom. The lowest BCUT2D eigenvalue weighted by atomic mass is 10.1. The van der Waals surface area contributed by atoms with Crippen LogP contribution in [0.5, 0.6) is 5.75 Å². The van der Waals surface area contributed by atoms with Crippen LogP contribution < -0.4 is 21.1 Å². The number of aromatic nitrogens is 1. The number of amides is 1. The molecule has 7 heteroatoms. The van der Waals surface area contributed by atoms with Gasteiger partial charge in [0, 0.05) is 10.9 Å². The van der Waals surface area contributed by atoms with Gasteiger partial charge in [-0.1, -0.05) is 30.3 Å². The van der Waals surface area contributed by atoms with Crippen LogP contribution in [0.3, 0.4) is 0 Å². The molecule has 0 radical (unpaired) electrons. The van der Waals surface area contributed by atoms with Gasteiger partial charge in [-0.2, -0.15) is 0 Å². The molecule has 0 aliphatic carbocycles. The van der Waals surface area contributed by atoms with Crippen molar-refractivity contribution in [2.45, 2.75) is 52.4 Å². The number of rotatable bonds is 7. The summed E-state index contributed by atoms with van der Waals surface area (Å²) in [6.07, 6.45) is 1.16. The first-order valence-electron chi connectivity index (χ1n) is 10.6. The maximum absolute atomic E-state index is 12.2. The molecular formula is C25H32N4O3. The molecule has 0 aliphatic heterocycles. The fourth-order valence-corrected chi connectivity index (χ4v) is 3.14. The molecule has 0 saturated heterocycles. The van der Waals surface area contributed by atoms with E-state index in [1.165, 1.54) is 0 Å². The number of nitrogens with one attached hydrogen (secondary N) is 2. The van der Waals surface area contributed by atoms with E-state index in [9.17, 15) is 4.79 Å². The number of nitrogens with two attached hydrogens (primary N) is 1. The van der Waals surface area contributed by atoms with Gasteiger partial charge < -0.3 is 25.8 Å². The van der Waals surface area contributed by atoms with Crippen LogP contribution in [0.1, 0.15) is 40.2 Å². The molecule has 1 heterocycles. The molecule has 0 spiro atoms. The maximum Gasteiger partial charge on any atom is 0.408 e. The van der Waals surface area contributed by atoms with Crippen molar-refractivity contribution in [1.29, 1.82) is 0 Å². The highest BCUT2D eigenvalue weighted by Crippen LogP contribution is 2.31. The highest BCUT2D eigenvalue weighted by molar-refractivity contribution is 5.97. The number of hydrogen-bond donors (Lipinski definition) is 3. The minimum atomic E-state index is -0.765. The molecule has 0 saturated carbocycles. The molecule has 3 aromatic rings. The van der Waals surface area contributed by atoms with Gasteiger partial charge in [-0.3, -0.25) is 4.98 Å². The van der Waals surface area contributed by atoms with E-state index >= 15 is 0 Å². The largest absolute Gasteiger partial charge is 0.489 e. The van der Waals surface area contributed by atoms with E-state index in [-0.39, 0.29) is 5.54 Å². The first-order valence-corrected chi connectivity index (χ1v) is 10.6. The highest BCUT2D eigenvalue weighted by atomic mass is 16.6. The number of anilines is 2. The number of nitrogens with zero attached hydrogens (tertiary/aromatic N) is 1. The van der Waals surface area contributed by atoms with Crippen molar-refractivity contribution in [3.05, 3.63) is 60.3 Å². The zero-order valence-corrected chi connectivity index (χ0v) is 19.4. The molecule has 0 unspecified atom stereocenters. The number of nitrogen functional groups attached to an aromatic ring is 1. The smallest absolute Gasteiger partial charge is 0.408 e. The van der Waals surface area contributed by atoms with Gasteiger partial charge >= 0.3 is 6.09 Å². The van der Waals surface area contributed by atoms with Crippen molar-refractivity contribution in [2.75, 3.05) is 17.6 Å². The van der Waals surface area contributed by atoms with Crippen molar-refractivity contribution in [3.63, 3.8) is 0 Å². The number of ether oxygens (including phenoxy) is 2. The minimum Gasteiger partial charge on any atom is -0.489 e. The Balaban J connectivity index is 1.75. The van der Waals surface area contributed by atoms with Gasteiger partial charge in [-0.15, -0.1) is 0 Å². The second kappa shape index (κ2) is 9.34. The molecule has 0 atom stereocenters. The Kier molecular flexibility index (Phi) is 6.77. The SMILES string of the molecule is CC(C)(C)NC(=O)OC(C)(C)CNc1c(N)cnc2ccc(OCc3ccccc3)cc12. The lowest BCUT2D eigenvalue weighted by molar-refractivity contribution is 0.0439. The summed E-state index contributed by atoms with van der Waals surface area (Å²) in [5.41, 5.74) is 8.21. The molecule has 2 aromatic carbocycles. The first kappa shape index (κ1) is 23.2. The third-order valence-electron chi connectivity index (χ3n) is 4.65. The van der Waals surface area contributed by atoms with Crippen LogP contribution in [0.2, 0.25) is 0 Å². The van der Waals surface area contributed by atoms with Crippen LogP contribution in [0.25, 0.3) is 10.9 Å². The topological polar surface area (TPSA) is 98.5 Å². The number of alkyl carbamates (subject to hydrolysis) is 1. The van der Waals surface area contributed by atoms with Crippen molar-refractivity contribution in [3.8, 4) is 5.75 Å². The molecule has 0 fully saturated rings. The molecule has 3 rings (SSSR count). The summed E-state index contributed by atoms with van der Waals surface area (Å²) in [4.78, 5) is 16.6. The monoisotopic (exact) mass is 436 g/mol. The minimum absolute atomic E-state index is 0.364. The zero-order chi connectivity index (χ0) is 23.4. The normalized spacial score (nSPS) is 11.8. The molecule has 0 bridgehead atoms. The quantitative estimate of drug-likeness (QED) is 0.476. The summed E-state index contributed by atoms with van der Waals surface area (Å²) in [5, 5.41) is 6.99. The number of pyridine rings is 1. The number of fused-ring (bicyclic) bond motifs is 1. The van der Waals surface area contributed by atoms with E-state index in [0.29, 0.717) is 18.8 Å². The van der Waals surface area contributed by atoms with Gasteiger partial charge in [0.05, 0.1) is 29.6 Å². The van der Waals surface area contributed by atoms with Crippen LogP contribution in [0.15, 0.2) is 54.7 Å². The Bertz CT molecular complexity index is 1080. The van der Waals surface area contributed by atoms with E-state index in [4.69, 9.17) is 15.2 Å². The lowest BCUT2D eigenvalue weighted by Crippen LogP contribution is -2.46. The summed E-state index contributed by atoms with van der Waals surface area (Å²) < 4.78 is 11.6. The summed E-state index contributed by atoms with van der Waals surface area (Å²) in [7, 11) is 0. The molecular weight excluding hydrogens is 404 g/mol. The molecule has 1 aromatic heterocycles. The fraction of sp³-hybridized carbons (Fsp3) is 0.360. The van der Waals surface area contributed by atoms with Crippen molar-refractivity contribution in [1.82, 2.24) is 10.3 Å². The summed E-state index contributed by atoms with van der Waals surface area (Å²) >= 11 is 0. The highest BCUT2D eigenvalue weighted by Gasteiger charge is 2.26. The van der Waals surface area contributed by atoms with Crippen LogP contribution in [0, 0.1) is 0 Å². The van der Waals surface area contributed by atoms with Crippen LogP contribution in [-0.2, 0) is 11.3 Å². The van der Waals surface area contributed by atoms with Crippen molar-refractivity contribution in [2.24, 2.45) is 0 Å². The first-order chi connectivity index (χ1) is 15.0. The van der Waals surface area contributed by atoms with E-state index in [0.717, 1.165) is 27.9 Å². The average Bonchev–Trinajstić information content (AvgIpc) is 2.70. The number of hydrogen-bond acceptors (Lipinski definition) is 6. The third-order valence-corrected chi connectivity index (χ3v) is 4.65. The second-order valence-electron chi connectivity index (χ2n) is 9.42. The van der Waals surface area contributed by atoms with Gasteiger partial charge in [0.25, 0.3) is 0 Å². The lowest BCUT2D eigenvalue weighted by Gasteiger charge is -2.29. The van der Waals surface area contributed by atoms with Gasteiger partial charge in [0.15, 0.2) is 0 Å². The van der Waals surface area contributed by atoms with Gasteiger partial charge in [0.1, 0.15) is 18.0 Å². The molecule has 0 aliphatic rings. The number of carbonyl (C=O) groups excluding carboxylic acids is 1. The van der Waals surface area contributed by atoms with E-state index in [1.807, 2.05) is 83.1 Å². The molecule has 4 N–H and O–H groups in total. The Morgan fingerprint density at radius 2 is 1.78 bits per heavy atom. The average molecular weight is 437 g/mol. The van der Waals surface area contributed by atoms with Crippen LogP contribution in [-0.4, -0.2) is 28.8 Å². The Hall–Kier alpha value is -3.48. The molecule has 1 amide bonds. The standard InChI is InChI=1S/C25H32N4O3/c1-24(2,3)29-23(30)32-25(4,5)16-28-22-19-13-18(11-12-21(19)27-14-20(22)26)31-15-17-9-7-6-8-10-17/h6-14H,15-16,26H2,1-5H3,(H,27,28)(H,29,30). The van der Waals surface area contributed by atoms with Gasteiger partial charge in [-0.25, -0.2) is 4.79 Å². The van der Waals surface area contributed by atoms with Crippen LogP contribution >= 0.6 is 0 Å². The van der Waals surface area contributed by atoms with Crippen LogP contribution in [0.4, 0.5) is 16.2 Å².